The van der Waals surface area contributed by atoms with E-state index >= 15 is 0 Å². The summed E-state index contributed by atoms with van der Waals surface area (Å²) in [6.07, 6.45) is 0.791. The largest absolute Gasteiger partial charge is 0.355 e. The van der Waals surface area contributed by atoms with E-state index in [1.54, 1.807) is 0 Å². The number of carbonyl (C=O) groups is 2. The van der Waals surface area contributed by atoms with E-state index in [0.29, 0.717) is 12.4 Å². The van der Waals surface area contributed by atoms with Crippen LogP contribution >= 0.6 is 0 Å². The number of hydrogen-bond acceptors (Lipinski definition) is 3. The number of carbonyl (C=O) groups excluding carboxylic acids is 2. The second-order valence-electron chi connectivity index (χ2n) is 8.48. The molecule has 6 nitrogen and oxygen atoms in total. The normalized spacial score (nSPS) is 12.0. The third-order valence-electron chi connectivity index (χ3n) is 5.95. The molecule has 4 rings (SSSR count). The van der Waals surface area contributed by atoms with Crippen molar-refractivity contribution in [1.82, 2.24) is 20.2 Å². The van der Waals surface area contributed by atoms with Crippen LogP contribution in [0, 0.1) is 0 Å². The lowest BCUT2D eigenvalue weighted by molar-refractivity contribution is -0.121. The minimum absolute atomic E-state index is 0.0840. The van der Waals surface area contributed by atoms with Gasteiger partial charge in [0.05, 0.1) is 17.1 Å². The van der Waals surface area contributed by atoms with E-state index in [0.717, 1.165) is 17.5 Å². The Balaban J connectivity index is 1.47. The molecule has 0 saturated heterocycles. The maximum atomic E-state index is 13.0. The molecule has 1 atom stereocenters. The van der Waals surface area contributed by atoms with Gasteiger partial charge in [-0.25, -0.2) is 4.98 Å². The van der Waals surface area contributed by atoms with Crippen LogP contribution in [-0.4, -0.2) is 27.9 Å². The number of fused-ring (bicyclic) bond motifs is 1. The number of amides is 2. The van der Waals surface area contributed by atoms with Crippen molar-refractivity contribution < 1.29 is 9.59 Å². The summed E-state index contributed by atoms with van der Waals surface area (Å²) >= 11 is 0. The van der Waals surface area contributed by atoms with Gasteiger partial charge in [0, 0.05) is 19.4 Å². The first-order valence-corrected chi connectivity index (χ1v) is 11.6. The van der Waals surface area contributed by atoms with Crippen molar-refractivity contribution in [3.63, 3.8) is 0 Å². The van der Waals surface area contributed by atoms with Crippen LogP contribution in [-0.2, 0) is 16.1 Å². The van der Waals surface area contributed by atoms with Gasteiger partial charge in [-0.05, 0) is 36.6 Å². The van der Waals surface area contributed by atoms with Crippen molar-refractivity contribution >= 4 is 22.8 Å². The highest BCUT2D eigenvalue weighted by Crippen LogP contribution is 2.27. The molecule has 0 bridgehead atoms. The summed E-state index contributed by atoms with van der Waals surface area (Å²) in [5.41, 5.74) is 4.14. The Kier molecular flexibility index (Phi) is 7.38. The monoisotopic (exact) mass is 454 g/mol. The average molecular weight is 455 g/mol. The molecule has 2 amide bonds. The fourth-order valence-electron chi connectivity index (χ4n) is 4.41. The summed E-state index contributed by atoms with van der Waals surface area (Å²) in [4.78, 5) is 29.2. The molecule has 1 aromatic heterocycles. The Morgan fingerprint density at radius 3 is 2.09 bits per heavy atom. The summed E-state index contributed by atoms with van der Waals surface area (Å²) in [5, 5.41) is 5.96. The van der Waals surface area contributed by atoms with E-state index in [2.05, 4.69) is 39.9 Å². The standard InChI is InChI=1S/C28H30N4O2/c1-20(30-21(2)33)28-31-25-15-9-10-16-26(25)32(28)19-27(34)29-18-17-24(22-11-5-3-6-12-22)23-13-7-4-8-14-23/h3-16,20,24H,17-19H2,1-2H3,(H,29,34)(H,30,33)/t20-/m0/s1. The highest BCUT2D eigenvalue weighted by molar-refractivity contribution is 5.81. The number of hydrogen-bond donors (Lipinski definition) is 2. The topological polar surface area (TPSA) is 76.0 Å². The number of rotatable bonds is 9. The maximum absolute atomic E-state index is 13.0. The Morgan fingerprint density at radius 1 is 0.882 bits per heavy atom. The molecular formula is C28H30N4O2. The lowest BCUT2D eigenvalue weighted by Crippen LogP contribution is -2.32. The van der Waals surface area contributed by atoms with Crippen LogP contribution in [0.25, 0.3) is 11.0 Å². The van der Waals surface area contributed by atoms with Gasteiger partial charge < -0.3 is 15.2 Å². The summed E-state index contributed by atoms with van der Waals surface area (Å²) < 4.78 is 1.89. The number of imidazole rings is 1. The van der Waals surface area contributed by atoms with Crippen molar-refractivity contribution in [2.75, 3.05) is 6.54 Å². The summed E-state index contributed by atoms with van der Waals surface area (Å²) in [7, 11) is 0. The zero-order chi connectivity index (χ0) is 23.9. The number of nitrogens with zero attached hydrogens (tertiary/aromatic N) is 2. The van der Waals surface area contributed by atoms with E-state index in [4.69, 9.17) is 0 Å². The lowest BCUT2D eigenvalue weighted by Gasteiger charge is -2.19. The van der Waals surface area contributed by atoms with Gasteiger partial charge >= 0.3 is 0 Å². The van der Waals surface area contributed by atoms with E-state index in [1.165, 1.54) is 18.1 Å². The quantitative estimate of drug-likeness (QED) is 0.389. The molecule has 0 aliphatic heterocycles. The molecule has 0 spiro atoms. The van der Waals surface area contributed by atoms with Crippen molar-refractivity contribution in [3.05, 3.63) is 102 Å². The Hall–Kier alpha value is -3.93. The number of aromatic nitrogens is 2. The third-order valence-corrected chi connectivity index (χ3v) is 5.95. The molecule has 6 heteroatoms. The summed E-state index contributed by atoms with van der Waals surface area (Å²) in [6, 6.07) is 28.1. The predicted molar refractivity (Wildman–Crippen MR) is 134 cm³/mol. The highest BCUT2D eigenvalue weighted by Gasteiger charge is 2.19. The second-order valence-corrected chi connectivity index (χ2v) is 8.48. The van der Waals surface area contributed by atoms with E-state index < -0.39 is 0 Å². The number of para-hydroxylation sites is 2. The molecular weight excluding hydrogens is 424 g/mol. The molecule has 0 aliphatic carbocycles. The predicted octanol–water partition coefficient (Wildman–Crippen LogP) is 4.57. The number of benzene rings is 3. The molecule has 3 aromatic carbocycles. The van der Waals surface area contributed by atoms with Gasteiger partial charge in [-0.3, -0.25) is 9.59 Å². The smallest absolute Gasteiger partial charge is 0.240 e. The SMILES string of the molecule is CC(=O)N[C@@H](C)c1nc2ccccc2n1CC(=O)NCCC(c1ccccc1)c1ccccc1. The van der Waals surface area contributed by atoms with E-state index in [1.807, 2.05) is 72.2 Å². The fraction of sp³-hybridized carbons (Fsp3) is 0.250. The molecule has 4 aromatic rings. The van der Waals surface area contributed by atoms with Crippen LogP contribution in [0.2, 0.25) is 0 Å². The van der Waals surface area contributed by atoms with Crippen LogP contribution in [0.5, 0.6) is 0 Å². The van der Waals surface area contributed by atoms with Gasteiger partial charge in [0.25, 0.3) is 0 Å². The Labute approximate surface area is 200 Å². The van der Waals surface area contributed by atoms with Gasteiger partial charge in [0.1, 0.15) is 12.4 Å². The second kappa shape index (κ2) is 10.8. The molecule has 174 valence electrons. The van der Waals surface area contributed by atoms with Crippen LogP contribution < -0.4 is 10.6 Å². The van der Waals surface area contributed by atoms with E-state index in [-0.39, 0.29) is 30.3 Å². The van der Waals surface area contributed by atoms with Gasteiger partial charge in [0.2, 0.25) is 11.8 Å². The molecule has 2 N–H and O–H groups in total. The zero-order valence-corrected chi connectivity index (χ0v) is 19.6. The van der Waals surface area contributed by atoms with Crippen molar-refractivity contribution in [2.45, 2.75) is 38.8 Å². The van der Waals surface area contributed by atoms with Crippen molar-refractivity contribution in [1.29, 1.82) is 0 Å². The molecule has 0 saturated carbocycles. The first kappa shape index (κ1) is 23.2. The van der Waals surface area contributed by atoms with Crippen LogP contribution in [0.1, 0.15) is 49.2 Å². The molecule has 34 heavy (non-hydrogen) atoms. The van der Waals surface area contributed by atoms with Crippen LogP contribution in [0.4, 0.5) is 0 Å². The maximum Gasteiger partial charge on any atom is 0.240 e. The molecule has 0 radical (unpaired) electrons. The Morgan fingerprint density at radius 2 is 1.47 bits per heavy atom. The van der Waals surface area contributed by atoms with Gasteiger partial charge in [0.15, 0.2) is 0 Å². The van der Waals surface area contributed by atoms with Crippen molar-refractivity contribution in [2.24, 2.45) is 0 Å². The number of nitrogens with one attached hydrogen (secondary N) is 2. The summed E-state index contributed by atoms with van der Waals surface area (Å²) in [6.45, 7) is 4.05. The minimum atomic E-state index is -0.307. The van der Waals surface area contributed by atoms with Crippen LogP contribution in [0.15, 0.2) is 84.9 Å². The van der Waals surface area contributed by atoms with Gasteiger partial charge in [-0.1, -0.05) is 72.8 Å². The van der Waals surface area contributed by atoms with Gasteiger partial charge in [-0.15, -0.1) is 0 Å². The first-order chi connectivity index (χ1) is 16.5. The minimum Gasteiger partial charge on any atom is -0.355 e. The fourth-order valence-corrected chi connectivity index (χ4v) is 4.41. The summed E-state index contributed by atoms with van der Waals surface area (Å²) in [5.74, 6) is 0.646. The van der Waals surface area contributed by atoms with Gasteiger partial charge in [-0.2, -0.15) is 0 Å². The molecule has 0 fully saturated rings. The highest BCUT2D eigenvalue weighted by atomic mass is 16.2. The first-order valence-electron chi connectivity index (χ1n) is 11.6. The van der Waals surface area contributed by atoms with E-state index in [9.17, 15) is 9.59 Å². The molecule has 0 unspecified atom stereocenters. The average Bonchev–Trinajstić information content (AvgIpc) is 3.21. The lowest BCUT2D eigenvalue weighted by atomic mass is 9.88. The van der Waals surface area contributed by atoms with Crippen molar-refractivity contribution in [3.8, 4) is 0 Å². The van der Waals surface area contributed by atoms with Crippen LogP contribution in [0.3, 0.4) is 0 Å². The third kappa shape index (κ3) is 5.52. The molecule has 1 heterocycles. The zero-order valence-electron chi connectivity index (χ0n) is 19.6. The Bertz CT molecular complexity index is 1210. The molecule has 0 aliphatic rings.